The van der Waals surface area contributed by atoms with Crippen molar-refractivity contribution >= 4 is 22.6 Å². The lowest BCUT2D eigenvalue weighted by Crippen LogP contribution is -2.10. The highest BCUT2D eigenvalue weighted by Crippen LogP contribution is 2.34. The Kier molecular flexibility index (Phi) is 4.07. The molecule has 0 radical (unpaired) electrons. The van der Waals surface area contributed by atoms with E-state index >= 15 is 0 Å². The third-order valence-corrected chi connectivity index (χ3v) is 3.40. The van der Waals surface area contributed by atoms with Crippen molar-refractivity contribution in [2.24, 2.45) is 0 Å². The van der Waals surface area contributed by atoms with E-state index < -0.39 is 10.9 Å². The van der Waals surface area contributed by atoms with Crippen LogP contribution in [0.4, 0.5) is 5.69 Å². The molecule has 0 spiro atoms. The smallest absolute Gasteiger partial charge is 0.343 e. The molecule has 0 fully saturated rings. The van der Waals surface area contributed by atoms with Gasteiger partial charge in [-0.3, -0.25) is 15.1 Å². The van der Waals surface area contributed by atoms with Crippen LogP contribution in [0.3, 0.4) is 0 Å². The number of esters is 1. The molecule has 0 unspecified atom stereocenters. The molecule has 1 aromatic heterocycles. The summed E-state index contributed by atoms with van der Waals surface area (Å²) >= 11 is 0. The lowest BCUT2D eigenvalue weighted by molar-refractivity contribution is -0.385. The van der Waals surface area contributed by atoms with Gasteiger partial charge in [0.25, 0.3) is 0 Å². The SMILES string of the molecule is COc1cccc(C(=O)Oc2c([N+](=O)[O-])ccc3cccnc23)c1. The summed E-state index contributed by atoms with van der Waals surface area (Å²) in [6.07, 6.45) is 1.48. The van der Waals surface area contributed by atoms with Gasteiger partial charge in [0, 0.05) is 17.6 Å². The first kappa shape index (κ1) is 15.4. The molecule has 0 aliphatic rings. The van der Waals surface area contributed by atoms with Crippen LogP contribution in [-0.4, -0.2) is 23.0 Å². The van der Waals surface area contributed by atoms with Crippen LogP contribution in [0.25, 0.3) is 10.9 Å². The maximum Gasteiger partial charge on any atom is 0.343 e. The van der Waals surface area contributed by atoms with E-state index in [0.717, 1.165) is 0 Å². The van der Waals surface area contributed by atoms with Crippen molar-refractivity contribution in [3.8, 4) is 11.5 Å². The van der Waals surface area contributed by atoms with Crippen molar-refractivity contribution in [2.45, 2.75) is 0 Å². The Morgan fingerprint density at radius 2 is 2.00 bits per heavy atom. The summed E-state index contributed by atoms with van der Waals surface area (Å²) in [7, 11) is 1.48. The third kappa shape index (κ3) is 2.87. The van der Waals surface area contributed by atoms with Gasteiger partial charge in [-0.25, -0.2) is 4.79 Å². The molecule has 0 saturated heterocycles. The number of nitro groups is 1. The molecule has 7 heteroatoms. The number of hydrogen-bond acceptors (Lipinski definition) is 6. The first-order chi connectivity index (χ1) is 11.6. The average molecular weight is 324 g/mol. The molecule has 0 amide bonds. The summed E-state index contributed by atoms with van der Waals surface area (Å²) in [6, 6.07) is 12.6. The molecule has 0 aliphatic heterocycles. The molecule has 0 N–H and O–H groups in total. The molecule has 0 bridgehead atoms. The number of benzene rings is 2. The second-order valence-electron chi connectivity index (χ2n) is 4.87. The molecule has 2 aromatic carbocycles. The molecule has 0 saturated carbocycles. The Morgan fingerprint density at radius 3 is 2.75 bits per heavy atom. The highest BCUT2D eigenvalue weighted by Gasteiger charge is 2.23. The monoisotopic (exact) mass is 324 g/mol. The summed E-state index contributed by atoms with van der Waals surface area (Å²) in [5, 5.41) is 11.9. The molecule has 3 aromatic rings. The van der Waals surface area contributed by atoms with Crippen LogP contribution in [0.2, 0.25) is 0 Å². The molecule has 1 heterocycles. The lowest BCUT2D eigenvalue weighted by atomic mass is 10.1. The zero-order valence-corrected chi connectivity index (χ0v) is 12.6. The van der Waals surface area contributed by atoms with Gasteiger partial charge in [-0.05, 0) is 30.3 Å². The van der Waals surface area contributed by atoms with Crippen LogP contribution >= 0.6 is 0 Å². The summed E-state index contributed by atoms with van der Waals surface area (Å²) in [4.78, 5) is 27.1. The van der Waals surface area contributed by atoms with Gasteiger partial charge >= 0.3 is 11.7 Å². The molecule has 120 valence electrons. The minimum Gasteiger partial charge on any atom is -0.497 e. The normalized spacial score (nSPS) is 10.4. The van der Waals surface area contributed by atoms with Gasteiger partial charge in [-0.2, -0.15) is 0 Å². The summed E-state index contributed by atoms with van der Waals surface area (Å²) in [5.74, 6) is -0.420. The van der Waals surface area contributed by atoms with Crippen molar-refractivity contribution in [1.29, 1.82) is 0 Å². The van der Waals surface area contributed by atoms with E-state index in [2.05, 4.69) is 4.98 Å². The van der Waals surface area contributed by atoms with Gasteiger partial charge in [0.05, 0.1) is 17.6 Å². The van der Waals surface area contributed by atoms with Crippen LogP contribution in [0, 0.1) is 10.1 Å². The van der Waals surface area contributed by atoms with Crippen molar-refractivity contribution in [2.75, 3.05) is 7.11 Å². The van der Waals surface area contributed by atoms with E-state index in [0.29, 0.717) is 11.1 Å². The third-order valence-electron chi connectivity index (χ3n) is 3.40. The zero-order chi connectivity index (χ0) is 17.1. The molecule has 24 heavy (non-hydrogen) atoms. The maximum absolute atomic E-state index is 12.4. The van der Waals surface area contributed by atoms with Crippen LogP contribution in [0.5, 0.6) is 11.5 Å². The number of ether oxygens (including phenoxy) is 2. The van der Waals surface area contributed by atoms with Gasteiger partial charge in [0.1, 0.15) is 11.3 Å². The molecule has 0 atom stereocenters. The van der Waals surface area contributed by atoms with Crippen molar-refractivity contribution in [3.05, 3.63) is 70.4 Å². The number of carbonyl (C=O) groups excluding carboxylic acids is 1. The van der Waals surface area contributed by atoms with E-state index in [1.54, 1.807) is 30.3 Å². The number of nitrogens with zero attached hydrogens (tertiary/aromatic N) is 2. The Balaban J connectivity index is 2.06. The zero-order valence-electron chi connectivity index (χ0n) is 12.6. The number of aromatic nitrogens is 1. The van der Waals surface area contributed by atoms with Gasteiger partial charge in [-0.1, -0.05) is 12.1 Å². The second kappa shape index (κ2) is 6.33. The minimum absolute atomic E-state index is 0.175. The number of carbonyl (C=O) groups is 1. The van der Waals surface area contributed by atoms with Crippen LogP contribution in [0.15, 0.2) is 54.7 Å². The molecular formula is C17H12N2O5. The van der Waals surface area contributed by atoms with Crippen molar-refractivity contribution in [1.82, 2.24) is 4.98 Å². The van der Waals surface area contributed by atoms with Gasteiger partial charge in [-0.15, -0.1) is 0 Å². The predicted octanol–water partition coefficient (Wildman–Crippen LogP) is 3.37. The summed E-state index contributed by atoms with van der Waals surface area (Å²) < 4.78 is 10.4. The molecule has 7 nitrogen and oxygen atoms in total. The van der Waals surface area contributed by atoms with E-state index in [1.165, 1.54) is 31.5 Å². The number of rotatable bonds is 4. The highest BCUT2D eigenvalue weighted by molar-refractivity contribution is 5.96. The first-order valence-electron chi connectivity index (χ1n) is 6.98. The van der Waals surface area contributed by atoms with E-state index in [9.17, 15) is 14.9 Å². The number of fused-ring (bicyclic) bond motifs is 1. The Hall–Kier alpha value is -3.48. The topological polar surface area (TPSA) is 91.6 Å². The highest BCUT2D eigenvalue weighted by atomic mass is 16.6. The second-order valence-corrected chi connectivity index (χ2v) is 4.87. The number of hydrogen-bond donors (Lipinski definition) is 0. The van der Waals surface area contributed by atoms with Gasteiger partial charge in [0.15, 0.2) is 0 Å². The van der Waals surface area contributed by atoms with E-state index in [-0.39, 0.29) is 22.5 Å². The van der Waals surface area contributed by atoms with Crippen LogP contribution in [-0.2, 0) is 0 Å². The van der Waals surface area contributed by atoms with Gasteiger partial charge < -0.3 is 9.47 Å². The van der Waals surface area contributed by atoms with Crippen molar-refractivity contribution in [3.63, 3.8) is 0 Å². The lowest BCUT2D eigenvalue weighted by Gasteiger charge is -2.08. The Labute approximate surface area is 136 Å². The fourth-order valence-corrected chi connectivity index (χ4v) is 2.25. The summed E-state index contributed by atoms with van der Waals surface area (Å²) in [6.45, 7) is 0. The molecule has 3 rings (SSSR count). The van der Waals surface area contributed by atoms with Crippen LogP contribution < -0.4 is 9.47 Å². The average Bonchev–Trinajstić information content (AvgIpc) is 2.61. The largest absolute Gasteiger partial charge is 0.497 e. The fourth-order valence-electron chi connectivity index (χ4n) is 2.25. The minimum atomic E-state index is -0.727. The number of pyridine rings is 1. The maximum atomic E-state index is 12.4. The van der Waals surface area contributed by atoms with Crippen LogP contribution in [0.1, 0.15) is 10.4 Å². The number of nitro benzene ring substituents is 1. The standard InChI is InChI=1S/C17H12N2O5/c1-23-13-6-2-4-12(10-13)17(20)24-16-14(19(21)22)8-7-11-5-3-9-18-15(11)16/h2-10H,1H3. The summed E-state index contributed by atoms with van der Waals surface area (Å²) in [5.41, 5.74) is 0.150. The fraction of sp³-hybridized carbons (Fsp3) is 0.0588. The van der Waals surface area contributed by atoms with Gasteiger partial charge in [0.2, 0.25) is 5.75 Å². The van der Waals surface area contributed by atoms with Crippen molar-refractivity contribution < 1.29 is 19.2 Å². The predicted molar refractivity (Wildman–Crippen MR) is 86.3 cm³/mol. The van der Waals surface area contributed by atoms with E-state index in [4.69, 9.17) is 9.47 Å². The Morgan fingerprint density at radius 1 is 1.17 bits per heavy atom. The molecular weight excluding hydrogens is 312 g/mol. The number of methoxy groups -OCH3 is 1. The molecule has 0 aliphatic carbocycles. The quantitative estimate of drug-likeness (QED) is 0.316. The Bertz CT molecular complexity index is 939. The first-order valence-corrected chi connectivity index (χ1v) is 6.98. The van der Waals surface area contributed by atoms with E-state index in [1.807, 2.05) is 0 Å².